The molecule has 1 aliphatic rings. The monoisotopic (exact) mass is 378 g/mol. The summed E-state index contributed by atoms with van der Waals surface area (Å²) in [4.78, 5) is 16.1. The third kappa shape index (κ3) is 5.33. The van der Waals surface area contributed by atoms with E-state index in [4.69, 9.17) is 21.1 Å². The van der Waals surface area contributed by atoms with E-state index in [1.807, 2.05) is 0 Å². The van der Waals surface area contributed by atoms with E-state index in [1.54, 1.807) is 30.5 Å². The molecule has 26 heavy (non-hydrogen) atoms. The highest BCUT2D eigenvalue weighted by Gasteiger charge is 2.24. The number of aromatic nitrogens is 1. The fourth-order valence-electron chi connectivity index (χ4n) is 2.90. The summed E-state index contributed by atoms with van der Waals surface area (Å²) < 4.78 is 24.5. The zero-order valence-electron chi connectivity index (χ0n) is 14.2. The molecule has 1 N–H and O–H groups in total. The molecule has 0 atom stereocenters. The molecule has 0 radical (unpaired) electrons. The number of hydrogen-bond acceptors (Lipinski definition) is 4. The first-order valence-electron chi connectivity index (χ1n) is 8.55. The Balaban J connectivity index is 1.38. The van der Waals surface area contributed by atoms with Crippen molar-refractivity contribution < 1.29 is 18.7 Å². The summed E-state index contributed by atoms with van der Waals surface area (Å²) >= 11 is 5.81. The molecule has 0 unspecified atom stereocenters. The summed E-state index contributed by atoms with van der Waals surface area (Å²) in [6.45, 7) is -0.202. The number of pyridine rings is 1. The van der Waals surface area contributed by atoms with Crippen molar-refractivity contribution in [3.05, 3.63) is 53.4 Å². The highest BCUT2D eigenvalue weighted by molar-refractivity contribution is 6.30. The molecule has 3 rings (SSSR count). The molecule has 0 saturated heterocycles. The second kappa shape index (κ2) is 8.85. The van der Waals surface area contributed by atoms with Crippen LogP contribution in [0.3, 0.4) is 0 Å². The molecular formula is C19H20ClFN2O3. The van der Waals surface area contributed by atoms with Crippen molar-refractivity contribution in [2.45, 2.75) is 37.8 Å². The van der Waals surface area contributed by atoms with Crippen molar-refractivity contribution in [2.24, 2.45) is 0 Å². The predicted molar refractivity (Wildman–Crippen MR) is 96.0 cm³/mol. The van der Waals surface area contributed by atoms with E-state index < -0.39 is 5.82 Å². The Morgan fingerprint density at radius 3 is 2.65 bits per heavy atom. The largest absolute Gasteiger partial charge is 0.481 e. The van der Waals surface area contributed by atoms with Gasteiger partial charge in [0.25, 0.3) is 5.91 Å². The molecule has 1 amide bonds. The molecule has 0 aliphatic heterocycles. The van der Waals surface area contributed by atoms with Gasteiger partial charge in [-0.25, -0.2) is 9.37 Å². The average molecular weight is 379 g/mol. The van der Waals surface area contributed by atoms with Gasteiger partial charge in [-0.15, -0.1) is 0 Å². The number of carbonyl (C=O) groups is 1. The summed E-state index contributed by atoms with van der Waals surface area (Å²) in [7, 11) is 0. The Kier molecular flexibility index (Phi) is 6.28. The maximum absolute atomic E-state index is 13.5. The lowest BCUT2D eigenvalue weighted by Gasteiger charge is -2.29. The highest BCUT2D eigenvalue weighted by Crippen LogP contribution is 2.23. The number of nitrogens with zero attached hydrogens (tertiary/aromatic N) is 1. The summed E-state index contributed by atoms with van der Waals surface area (Å²) in [5.41, 5.74) is 0. The summed E-state index contributed by atoms with van der Waals surface area (Å²) in [5.74, 6) is -0.0962. The highest BCUT2D eigenvalue weighted by atomic mass is 35.5. The quantitative estimate of drug-likeness (QED) is 0.831. The summed E-state index contributed by atoms with van der Waals surface area (Å²) in [6.07, 6.45) is 4.89. The molecule has 138 valence electrons. The van der Waals surface area contributed by atoms with Crippen LogP contribution in [0.15, 0.2) is 42.6 Å². The Hall–Kier alpha value is -2.34. The minimum atomic E-state index is -0.478. The van der Waals surface area contributed by atoms with E-state index in [9.17, 15) is 9.18 Å². The van der Waals surface area contributed by atoms with Crippen molar-refractivity contribution in [2.75, 3.05) is 6.61 Å². The second-order valence-corrected chi connectivity index (χ2v) is 6.63. The molecule has 5 nitrogen and oxygen atoms in total. The van der Waals surface area contributed by atoms with Crippen LogP contribution in [0.2, 0.25) is 5.02 Å². The molecule has 7 heteroatoms. The van der Waals surface area contributed by atoms with Crippen LogP contribution in [0.25, 0.3) is 0 Å². The van der Waals surface area contributed by atoms with Gasteiger partial charge in [0, 0.05) is 18.3 Å². The Bertz CT molecular complexity index is 734. The van der Waals surface area contributed by atoms with Crippen LogP contribution in [0.5, 0.6) is 11.6 Å². The lowest BCUT2D eigenvalue weighted by Crippen LogP contribution is -2.41. The molecule has 2 aromatic rings. The number of hydrogen-bond donors (Lipinski definition) is 1. The molecule has 0 spiro atoms. The standard InChI is InChI=1S/C19H20ClFN2O3/c20-13-5-10-19(22-11-13)26-15-8-6-14(7-9-15)23-18(24)12-25-17-4-2-1-3-16(17)21/h1-5,10-11,14-15H,6-9,12H2,(H,23,24). The van der Waals surface area contributed by atoms with E-state index in [2.05, 4.69) is 10.3 Å². The van der Waals surface area contributed by atoms with E-state index in [0.29, 0.717) is 10.9 Å². The number of benzene rings is 1. The number of carbonyl (C=O) groups excluding carboxylic acids is 1. The van der Waals surface area contributed by atoms with E-state index >= 15 is 0 Å². The van der Waals surface area contributed by atoms with Gasteiger partial charge in [0.1, 0.15) is 6.10 Å². The van der Waals surface area contributed by atoms with Gasteiger partial charge in [0.05, 0.1) is 5.02 Å². The minimum absolute atomic E-state index is 0.0738. The fourth-order valence-corrected chi connectivity index (χ4v) is 3.01. The number of para-hydroxylation sites is 1. The van der Waals surface area contributed by atoms with Gasteiger partial charge < -0.3 is 14.8 Å². The number of rotatable bonds is 6. The van der Waals surface area contributed by atoms with Crippen molar-refractivity contribution in [1.29, 1.82) is 0 Å². The summed E-state index contributed by atoms with van der Waals surface area (Å²) in [5, 5.41) is 3.50. The van der Waals surface area contributed by atoms with Gasteiger partial charge >= 0.3 is 0 Å². The summed E-state index contributed by atoms with van der Waals surface area (Å²) in [6, 6.07) is 9.58. The normalized spacial score (nSPS) is 19.6. The van der Waals surface area contributed by atoms with Gasteiger partial charge in [0.2, 0.25) is 5.88 Å². The van der Waals surface area contributed by atoms with Crippen molar-refractivity contribution in [3.8, 4) is 11.6 Å². The third-order valence-electron chi connectivity index (χ3n) is 4.22. The smallest absolute Gasteiger partial charge is 0.258 e. The van der Waals surface area contributed by atoms with Gasteiger partial charge in [0.15, 0.2) is 18.2 Å². The molecular weight excluding hydrogens is 359 g/mol. The van der Waals surface area contributed by atoms with E-state index in [1.165, 1.54) is 12.1 Å². The topological polar surface area (TPSA) is 60.5 Å². The second-order valence-electron chi connectivity index (χ2n) is 6.19. The van der Waals surface area contributed by atoms with Gasteiger partial charge in [-0.05, 0) is 43.9 Å². The number of nitrogens with one attached hydrogen (secondary N) is 1. The van der Waals surface area contributed by atoms with Crippen LogP contribution in [-0.2, 0) is 4.79 Å². The van der Waals surface area contributed by atoms with Crippen molar-refractivity contribution >= 4 is 17.5 Å². The first-order chi connectivity index (χ1) is 12.6. The van der Waals surface area contributed by atoms with Crippen molar-refractivity contribution in [1.82, 2.24) is 10.3 Å². The maximum Gasteiger partial charge on any atom is 0.258 e. The lowest BCUT2D eigenvalue weighted by atomic mass is 9.93. The van der Waals surface area contributed by atoms with E-state index in [0.717, 1.165) is 25.7 Å². The SMILES string of the molecule is O=C(COc1ccccc1F)NC1CCC(Oc2ccc(Cl)cn2)CC1. The van der Waals surface area contributed by atoms with E-state index in [-0.39, 0.29) is 30.4 Å². The number of ether oxygens (including phenoxy) is 2. The number of amides is 1. The fraction of sp³-hybridized carbons (Fsp3) is 0.368. The van der Waals surface area contributed by atoms with Gasteiger partial charge in [-0.2, -0.15) is 0 Å². The Morgan fingerprint density at radius 2 is 1.96 bits per heavy atom. The molecule has 1 aliphatic carbocycles. The van der Waals surface area contributed by atoms with Crippen LogP contribution in [0.4, 0.5) is 4.39 Å². The molecule has 1 fully saturated rings. The average Bonchev–Trinajstić information content (AvgIpc) is 2.64. The zero-order chi connectivity index (χ0) is 18.4. The molecule has 1 saturated carbocycles. The predicted octanol–water partition coefficient (Wildman–Crippen LogP) is 3.76. The van der Waals surface area contributed by atoms with Crippen LogP contribution in [0.1, 0.15) is 25.7 Å². The zero-order valence-corrected chi connectivity index (χ0v) is 14.9. The van der Waals surface area contributed by atoms with Gasteiger partial charge in [-0.3, -0.25) is 4.79 Å². The van der Waals surface area contributed by atoms with Crippen LogP contribution in [0, 0.1) is 5.82 Å². The molecule has 1 heterocycles. The first kappa shape index (κ1) is 18.5. The molecule has 1 aromatic heterocycles. The molecule has 0 bridgehead atoms. The third-order valence-corrected chi connectivity index (χ3v) is 4.45. The Morgan fingerprint density at radius 1 is 1.19 bits per heavy atom. The van der Waals surface area contributed by atoms with Crippen LogP contribution < -0.4 is 14.8 Å². The Labute approximate surface area is 156 Å². The van der Waals surface area contributed by atoms with Gasteiger partial charge in [-0.1, -0.05) is 23.7 Å². The number of halogens is 2. The van der Waals surface area contributed by atoms with Crippen LogP contribution >= 0.6 is 11.6 Å². The van der Waals surface area contributed by atoms with Crippen LogP contribution in [-0.4, -0.2) is 29.6 Å². The first-order valence-corrected chi connectivity index (χ1v) is 8.93. The molecule has 1 aromatic carbocycles. The lowest BCUT2D eigenvalue weighted by molar-refractivity contribution is -0.124. The minimum Gasteiger partial charge on any atom is -0.481 e. The van der Waals surface area contributed by atoms with Crippen molar-refractivity contribution in [3.63, 3.8) is 0 Å². The maximum atomic E-state index is 13.5.